The second-order valence-corrected chi connectivity index (χ2v) is 5.37. The minimum absolute atomic E-state index is 0.665. The molecule has 0 saturated heterocycles. The standard InChI is InChI=1S/C15H14N2OS/c1-18-10-5-2-4-9(8-10)11-6-3-7-12-13(11)14(16)15(17)19-12/h2-8H,16-17H2,1H3. The van der Waals surface area contributed by atoms with Crippen LogP contribution < -0.4 is 16.2 Å². The van der Waals surface area contributed by atoms with Crippen LogP contribution in [0.1, 0.15) is 0 Å². The third kappa shape index (κ3) is 1.90. The molecular weight excluding hydrogens is 256 g/mol. The van der Waals surface area contributed by atoms with Crippen LogP contribution in [0.25, 0.3) is 21.2 Å². The minimum Gasteiger partial charge on any atom is -0.497 e. The van der Waals surface area contributed by atoms with E-state index in [-0.39, 0.29) is 0 Å². The molecule has 4 heteroatoms. The summed E-state index contributed by atoms with van der Waals surface area (Å²) in [7, 11) is 1.66. The summed E-state index contributed by atoms with van der Waals surface area (Å²) in [5, 5.41) is 1.70. The number of nitrogens with two attached hydrogens (primary N) is 2. The van der Waals surface area contributed by atoms with Gasteiger partial charge in [0.2, 0.25) is 0 Å². The average molecular weight is 270 g/mol. The molecule has 0 unspecified atom stereocenters. The monoisotopic (exact) mass is 270 g/mol. The highest BCUT2D eigenvalue weighted by molar-refractivity contribution is 7.23. The van der Waals surface area contributed by atoms with E-state index < -0.39 is 0 Å². The summed E-state index contributed by atoms with van der Waals surface area (Å²) in [6, 6.07) is 14.1. The molecule has 1 aromatic heterocycles. The zero-order valence-corrected chi connectivity index (χ0v) is 11.3. The molecule has 2 aromatic carbocycles. The number of benzene rings is 2. The van der Waals surface area contributed by atoms with E-state index in [1.165, 1.54) is 11.3 Å². The summed E-state index contributed by atoms with van der Waals surface area (Å²) in [4.78, 5) is 0. The summed E-state index contributed by atoms with van der Waals surface area (Å²) in [6.07, 6.45) is 0. The number of hydrogen-bond donors (Lipinski definition) is 2. The van der Waals surface area contributed by atoms with Crippen molar-refractivity contribution in [3.05, 3.63) is 42.5 Å². The second-order valence-electron chi connectivity index (χ2n) is 4.29. The quantitative estimate of drug-likeness (QED) is 0.745. The van der Waals surface area contributed by atoms with Gasteiger partial charge in [-0.15, -0.1) is 11.3 Å². The van der Waals surface area contributed by atoms with Crippen molar-refractivity contribution in [1.82, 2.24) is 0 Å². The highest BCUT2D eigenvalue weighted by Crippen LogP contribution is 2.41. The van der Waals surface area contributed by atoms with E-state index in [0.717, 1.165) is 27.0 Å². The van der Waals surface area contributed by atoms with Crippen molar-refractivity contribution in [2.75, 3.05) is 18.6 Å². The van der Waals surface area contributed by atoms with Gasteiger partial charge >= 0.3 is 0 Å². The fraction of sp³-hybridized carbons (Fsp3) is 0.0667. The molecule has 3 nitrogen and oxygen atoms in total. The SMILES string of the molecule is COc1cccc(-c2cccc3sc(N)c(N)c23)c1. The lowest BCUT2D eigenvalue weighted by molar-refractivity contribution is 0.415. The van der Waals surface area contributed by atoms with Crippen LogP contribution in [0.4, 0.5) is 10.7 Å². The molecule has 0 amide bonds. The molecule has 0 fully saturated rings. The molecular formula is C15H14N2OS. The van der Waals surface area contributed by atoms with E-state index in [4.69, 9.17) is 16.2 Å². The molecule has 96 valence electrons. The zero-order chi connectivity index (χ0) is 13.4. The summed E-state index contributed by atoms with van der Waals surface area (Å²) in [5.41, 5.74) is 14.9. The third-order valence-electron chi connectivity index (χ3n) is 3.16. The van der Waals surface area contributed by atoms with Gasteiger partial charge in [0.15, 0.2) is 0 Å². The number of anilines is 2. The van der Waals surface area contributed by atoms with E-state index in [2.05, 4.69) is 6.07 Å². The van der Waals surface area contributed by atoms with Crippen LogP contribution in [-0.2, 0) is 0 Å². The van der Waals surface area contributed by atoms with E-state index in [1.54, 1.807) is 7.11 Å². The maximum Gasteiger partial charge on any atom is 0.119 e. The summed E-state index contributed by atoms with van der Waals surface area (Å²) >= 11 is 1.52. The van der Waals surface area contributed by atoms with Crippen molar-refractivity contribution >= 4 is 32.1 Å². The first-order chi connectivity index (χ1) is 9.20. The molecule has 1 heterocycles. The number of nitrogen functional groups attached to an aromatic ring is 2. The number of rotatable bonds is 2. The zero-order valence-electron chi connectivity index (χ0n) is 10.5. The maximum absolute atomic E-state index is 6.10. The van der Waals surface area contributed by atoms with Gasteiger partial charge in [-0.25, -0.2) is 0 Å². The van der Waals surface area contributed by atoms with Gasteiger partial charge in [-0.2, -0.15) is 0 Å². The molecule has 0 aliphatic rings. The number of fused-ring (bicyclic) bond motifs is 1. The molecule has 0 aliphatic heterocycles. The molecule has 0 saturated carbocycles. The Balaban J connectivity index is 2.29. The first-order valence-electron chi connectivity index (χ1n) is 5.91. The van der Waals surface area contributed by atoms with Gasteiger partial charge in [-0.05, 0) is 29.3 Å². The Morgan fingerprint density at radius 3 is 2.63 bits per heavy atom. The lowest BCUT2D eigenvalue weighted by Crippen LogP contribution is -1.90. The van der Waals surface area contributed by atoms with Crippen molar-refractivity contribution in [2.24, 2.45) is 0 Å². The summed E-state index contributed by atoms with van der Waals surface area (Å²) < 4.78 is 6.38. The van der Waals surface area contributed by atoms with Gasteiger partial charge in [-0.1, -0.05) is 24.3 Å². The Bertz CT molecular complexity index is 749. The number of ether oxygens (including phenoxy) is 1. The van der Waals surface area contributed by atoms with Gasteiger partial charge in [0.1, 0.15) is 10.8 Å². The smallest absolute Gasteiger partial charge is 0.119 e. The van der Waals surface area contributed by atoms with Crippen LogP contribution in [0.5, 0.6) is 5.75 Å². The third-order valence-corrected chi connectivity index (χ3v) is 4.16. The molecule has 19 heavy (non-hydrogen) atoms. The highest BCUT2D eigenvalue weighted by atomic mass is 32.1. The molecule has 0 bridgehead atoms. The number of methoxy groups -OCH3 is 1. The molecule has 4 N–H and O–H groups in total. The van der Waals surface area contributed by atoms with E-state index in [9.17, 15) is 0 Å². The van der Waals surface area contributed by atoms with Crippen LogP contribution in [0.3, 0.4) is 0 Å². The molecule has 3 aromatic rings. The predicted molar refractivity (Wildman–Crippen MR) is 82.6 cm³/mol. The predicted octanol–water partition coefficient (Wildman–Crippen LogP) is 3.74. The molecule has 0 atom stereocenters. The molecule has 3 rings (SSSR count). The van der Waals surface area contributed by atoms with Gasteiger partial charge in [0.25, 0.3) is 0 Å². The highest BCUT2D eigenvalue weighted by Gasteiger charge is 2.12. The van der Waals surface area contributed by atoms with Crippen molar-refractivity contribution < 1.29 is 4.74 Å². The van der Waals surface area contributed by atoms with Crippen LogP contribution >= 0.6 is 11.3 Å². The van der Waals surface area contributed by atoms with E-state index >= 15 is 0 Å². The van der Waals surface area contributed by atoms with Crippen molar-refractivity contribution in [3.8, 4) is 16.9 Å². The van der Waals surface area contributed by atoms with Crippen molar-refractivity contribution in [2.45, 2.75) is 0 Å². The molecule has 0 aliphatic carbocycles. The van der Waals surface area contributed by atoms with E-state index in [0.29, 0.717) is 10.7 Å². The van der Waals surface area contributed by atoms with Gasteiger partial charge in [-0.3, -0.25) is 0 Å². The lowest BCUT2D eigenvalue weighted by Gasteiger charge is -2.07. The minimum atomic E-state index is 0.665. The van der Waals surface area contributed by atoms with Gasteiger partial charge < -0.3 is 16.2 Å². The summed E-state index contributed by atoms with van der Waals surface area (Å²) in [5.74, 6) is 0.830. The Labute approximate surface area is 115 Å². The number of thiophene rings is 1. The van der Waals surface area contributed by atoms with Crippen LogP contribution in [0.2, 0.25) is 0 Å². The largest absolute Gasteiger partial charge is 0.497 e. The Morgan fingerprint density at radius 2 is 1.84 bits per heavy atom. The second kappa shape index (κ2) is 4.48. The van der Waals surface area contributed by atoms with Gasteiger partial charge in [0.05, 0.1) is 12.8 Å². The Morgan fingerprint density at radius 1 is 1.05 bits per heavy atom. The first kappa shape index (κ1) is 11.9. The van der Waals surface area contributed by atoms with E-state index in [1.807, 2.05) is 36.4 Å². The first-order valence-corrected chi connectivity index (χ1v) is 6.73. The van der Waals surface area contributed by atoms with Crippen LogP contribution in [-0.4, -0.2) is 7.11 Å². The topological polar surface area (TPSA) is 61.3 Å². The normalized spacial score (nSPS) is 10.8. The van der Waals surface area contributed by atoms with Crippen LogP contribution in [0.15, 0.2) is 42.5 Å². The Hall–Kier alpha value is -2.20. The van der Waals surface area contributed by atoms with Gasteiger partial charge in [0, 0.05) is 10.1 Å². The van der Waals surface area contributed by atoms with Crippen molar-refractivity contribution in [3.63, 3.8) is 0 Å². The lowest BCUT2D eigenvalue weighted by atomic mass is 10.0. The summed E-state index contributed by atoms with van der Waals surface area (Å²) in [6.45, 7) is 0. The van der Waals surface area contributed by atoms with Crippen molar-refractivity contribution in [1.29, 1.82) is 0 Å². The number of hydrogen-bond acceptors (Lipinski definition) is 4. The average Bonchev–Trinajstić information content (AvgIpc) is 2.74. The molecule has 0 radical (unpaired) electrons. The Kier molecular flexibility index (Phi) is 2.80. The fourth-order valence-corrected chi connectivity index (χ4v) is 3.14. The van der Waals surface area contributed by atoms with Crippen LogP contribution in [0, 0.1) is 0 Å². The fourth-order valence-electron chi connectivity index (χ4n) is 2.22. The maximum atomic E-state index is 6.10. The molecule has 0 spiro atoms.